The molecule has 0 radical (unpaired) electrons. The van der Waals surface area contributed by atoms with E-state index in [1.165, 1.54) is 19.3 Å². The van der Waals surface area contributed by atoms with Crippen molar-refractivity contribution in [3.8, 4) is 0 Å². The smallest absolute Gasteiger partial charge is 0.224 e. The monoisotopic (exact) mass is 281 g/mol. The Morgan fingerprint density at radius 3 is 2.65 bits per heavy atom. The van der Waals surface area contributed by atoms with Crippen LogP contribution in [-0.2, 0) is 9.53 Å². The molecule has 3 aliphatic rings. The number of hydrogen-bond acceptors (Lipinski definition) is 4. The van der Waals surface area contributed by atoms with Gasteiger partial charge in [0.2, 0.25) is 5.91 Å². The summed E-state index contributed by atoms with van der Waals surface area (Å²) in [4.78, 5) is 16.7. The molecule has 0 saturated carbocycles. The first-order valence-electron chi connectivity index (χ1n) is 8.16. The van der Waals surface area contributed by atoms with Gasteiger partial charge in [0.1, 0.15) is 0 Å². The van der Waals surface area contributed by atoms with Gasteiger partial charge in [0.05, 0.1) is 6.10 Å². The Kier molecular flexibility index (Phi) is 4.91. The first-order chi connectivity index (χ1) is 9.81. The average Bonchev–Trinajstić information content (AvgIpc) is 3.13. The fourth-order valence-corrected chi connectivity index (χ4v) is 3.53. The van der Waals surface area contributed by atoms with Crippen LogP contribution in [0.2, 0.25) is 0 Å². The minimum absolute atomic E-state index is 0.334. The van der Waals surface area contributed by atoms with Gasteiger partial charge < -0.3 is 15.0 Å². The summed E-state index contributed by atoms with van der Waals surface area (Å²) in [6.07, 6.45) is 5.90. The molecule has 5 nitrogen and oxygen atoms in total. The molecule has 3 heterocycles. The van der Waals surface area contributed by atoms with Crippen molar-refractivity contribution in [1.82, 2.24) is 15.1 Å². The number of ether oxygens (including phenoxy) is 1. The molecule has 0 spiro atoms. The quantitative estimate of drug-likeness (QED) is 0.813. The van der Waals surface area contributed by atoms with Crippen LogP contribution < -0.4 is 5.32 Å². The summed E-state index contributed by atoms with van der Waals surface area (Å²) in [7, 11) is 0. The highest BCUT2D eigenvalue weighted by atomic mass is 16.5. The lowest BCUT2D eigenvalue weighted by Gasteiger charge is -2.36. The maximum atomic E-state index is 12.2. The Balaban J connectivity index is 1.37. The molecular formula is C15H27N3O2. The number of carbonyl (C=O) groups excluding carboxylic acids is 1. The molecule has 3 rings (SSSR count). The van der Waals surface area contributed by atoms with E-state index in [0.717, 1.165) is 52.3 Å². The van der Waals surface area contributed by atoms with Crippen molar-refractivity contribution in [2.75, 3.05) is 45.9 Å². The summed E-state index contributed by atoms with van der Waals surface area (Å²) >= 11 is 0. The van der Waals surface area contributed by atoms with Crippen molar-refractivity contribution in [3.05, 3.63) is 0 Å². The van der Waals surface area contributed by atoms with Crippen molar-refractivity contribution in [1.29, 1.82) is 0 Å². The Labute approximate surface area is 121 Å². The van der Waals surface area contributed by atoms with Crippen molar-refractivity contribution < 1.29 is 9.53 Å². The van der Waals surface area contributed by atoms with Crippen LogP contribution in [0.5, 0.6) is 0 Å². The van der Waals surface area contributed by atoms with Gasteiger partial charge >= 0.3 is 0 Å². The summed E-state index contributed by atoms with van der Waals surface area (Å²) in [5.41, 5.74) is 0. The van der Waals surface area contributed by atoms with Gasteiger partial charge in [0, 0.05) is 51.8 Å². The van der Waals surface area contributed by atoms with Gasteiger partial charge in [-0.05, 0) is 32.2 Å². The van der Waals surface area contributed by atoms with Gasteiger partial charge in [-0.3, -0.25) is 9.69 Å². The second kappa shape index (κ2) is 6.87. The molecule has 0 aromatic rings. The zero-order valence-corrected chi connectivity index (χ0v) is 12.4. The van der Waals surface area contributed by atoms with E-state index in [-0.39, 0.29) is 0 Å². The summed E-state index contributed by atoms with van der Waals surface area (Å²) in [6, 6.07) is 0.424. The molecule has 0 aromatic carbocycles. The first kappa shape index (κ1) is 14.3. The van der Waals surface area contributed by atoms with Gasteiger partial charge in [0.15, 0.2) is 0 Å². The predicted molar refractivity (Wildman–Crippen MR) is 77.6 cm³/mol. The molecule has 2 unspecified atom stereocenters. The van der Waals surface area contributed by atoms with E-state index in [9.17, 15) is 4.79 Å². The standard InChI is InChI=1S/C15H27N3O2/c19-15(11-13-3-1-5-16-13)18-8-6-17(7-9-18)12-14-4-2-10-20-14/h13-14,16H,1-12H2. The third-order valence-corrected chi connectivity index (χ3v) is 4.79. The number of carbonyl (C=O) groups is 1. The minimum atomic E-state index is 0.334. The highest BCUT2D eigenvalue weighted by Gasteiger charge is 2.26. The molecule has 0 bridgehead atoms. The molecule has 3 fully saturated rings. The second-order valence-electron chi connectivity index (χ2n) is 6.31. The number of nitrogens with one attached hydrogen (secondary N) is 1. The fraction of sp³-hybridized carbons (Fsp3) is 0.933. The lowest BCUT2D eigenvalue weighted by molar-refractivity contribution is -0.133. The highest BCUT2D eigenvalue weighted by Crippen LogP contribution is 2.15. The number of hydrogen-bond donors (Lipinski definition) is 1. The molecular weight excluding hydrogens is 254 g/mol. The summed E-state index contributed by atoms with van der Waals surface area (Å²) in [5, 5.41) is 3.41. The van der Waals surface area contributed by atoms with Crippen LogP contribution in [0.1, 0.15) is 32.1 Å². The van der Waals surface area contributed by atoms with Crippen molar-refractivity contribution >= 4 is 5.91 Å². The molecule has 0 aliphatic carbocycles. The Morgan fingerprint density at radius 1 is 1.15 bits per heavy atom. The lowest BCUT2D eigenvalue weighted by atomic mass is 10.1. The number of amides is 1. The van der Waals surface area contributed by atoms with Crippen LogP contribution in [-0.4, -0.2) is 73.7 Å². The number of piperazine rings is 1. The third kappa shape index (κ3) is 3.71. The van der Waals surface area contributed by atoms with Crippen molar-refractivity contribution in [2.24, 2.45) is 0 Å². The molecule has 5 heteroatoms. The number of nitrogens with zero attached hydrogens (tertiary/aromatic N) is 2. The topological polar surface area (TPSA) is 44.8 Å². The van der Waals surface area contributed by atoms with Gasteiger partial charge in [-0.2, -0.15) is 0 Å². The molecule has 1 N–H and O–H groups in total. The fourth-order valence-electron chi connectivity index (χ4n) is 3.53. The zero-order chi connectivity index (χ0) is 13.8. The normalized spacial score (nSPS) is 31.9. The third-order valence-electron chi connectivity index (χ3n) is 4.79. The molecule has 3 aliphatic heterocycles. The van der Waals surface area contributed by atoms with E-state index >= 15 is 0 Å². The van der Waals surface area contributed by atoms with Crippen molar-refractivity contribution in [3.63, 3.8) is 0 Å². The van der Waals surface area contributed by atoms with E-state index in [1.807, 2.05) is 4.90 Å². The van der Waals surface area contributed by atoms with Gasteiger partial charge in [-0.1, -0.05) is 0 Å². The minimum Gasteiger partial charge on any atom is -0.377 e. The molecule has 2 atom stereocenters. The summed E-state index contributed by atoms with van der Waals surface area (Å²) < 4.78 is 5.69. The molecule has 20 heavy (non-hydrogen) atoms. The van der Waals surface area contributed by atoms with E-state index in [1.54, 1.807) is 0 Å². The van der Waals surface area contributed by atoms with E-state index < -0.39 is 0 Å². The molecule has 3 saturated heterocycles. The number of rotatable bonds is 4. The lowest BCUT2D eigenvalue weighted by Crippen LogP contribution is -2.51. The van der Waals surface area contributed by atoms with Crippen molar-refractivity contribution in [2.45, 2.75) is 44.2 Å². The van der Waals surface area contributed by atoms with E-state index in [2.05, 4.69) is 10.2 Å². The Morgan fingerprint density at radius 2 is 2.00 bits per heavy atom. The maximum Gasteiger partial charge on any atom is 0.224 e. The summed E-state index contributed by atoms with van der Waals surface area (Å²) in [5.74, 6) is 0.334. The largest absolute Gasteiger partial charge is 0.377 e. The zero-order valence-electron chi connectivity index (χ0n) is 12.4. The predicted octanol–water partition coefficient (Wildman–Crippen LogP) is 0.452. The van der Waals surface area contributed by atoms with Gasteiger partial charge in [-0.15, -0.1) is 0 Å². The molecule has 114 valence electrons. The maximum absolute atomic E-state index is 12.2. The van der Waals surface area contributed by atoms with E-state index in [0.29, 0.717) is 24.5 Å². The SMILES string of the molecule is O=C(CC1CCCN1)N1CCN(CC2CCCO2)CC1. The van der Waals surface area contributed by atoms with Crippen LogP contribution >= 0.6 is 0 Å². The Bertz CT molecular complexity index is 317. The molecule has 1 amide bonds. The van der Waals surface area contributed by atoms with Gasteiger partial charge in [0.25, 0.3) is 0 Å². The molecule has 0 aromatic heterocycles. The van der Waals surface area contributed by atoms with E-state index in [4.69, 9.17) is 4.74 Å². The highest BCUT2D eigenvalue weighted by molar-refractivity contribution is 5.77. The van der Waals surface area contributed by atoms with Crippen LogP contribution in [0.4, 0.5) is 0 Å². The van der Waals surface area contributed by atoms with Crippen LogP contribution in [0.15, 0.2) is 0 Å². The van der Waals surface area contributed by atoms with Crippen LogP contribution in [0.3, 0.4) is 0 Å². The second-order valence-corrected chi connectivity index (χ2v) is 6.31. The first-order valence-corrected chi connectivity index (χ1v) is 8.16. The van der Waals surface area contributed by atoms with Crippen LogP contribution in [0.25, 0.3) is 0 Å². The average molecular weight is 281 g/mol. The van der Waals surface area contributed by atoms with Gasteiger partial charge in [-0.25, -0.2) is 0 Å². The van der Waals surface area contributed by atoms with Crippen LogP contribution in [0, 0.1) is 0 Å². The Hall–Kier alpha value is -0.650. The summed E-state index contributed by atoms with van der Waals surface area (Å²) in [6.45, 7) is 6.83.